The second kappa shape index (κ2) is 4.11. The van der Waals surface area contributed by atoms with Gasteiger partial charge >= 0.3 is 0 Å². The fraction of sp³-hybridized carbons (Fsp3) is 0.700. The highest BCUT2D eigenvalue weighted by molar-refractivity contribution is 5.00. The summed E-state index contributed by atoms with van der Waals surface area (Å²) >= 11 is 0. The Morgan fingerprint density at radius 1 is 1.64 bits per heavy atom. The van der Waals surface area contributed by atoms with Crippen LogP contribution in [0, 0.1) is 0 Å². The standard InChI is InChI=1S/C10H18N4/c1-9-7-14(6-5-11-9)8-10-3-4-12-13(10)2/h3-4,9,11H,5-8H2,1-2H3/t9-/m0/s1. The number of aryl methyl sites for hydroxylation is 1. The van der Waals surface area contributed by atoms with Crippen molar-refractivity contribution in [2.24, 2.45) is 7.05 Å². The topological polar surface area (TPSA) is 33.1 Å². The minimum absolute atomic E-state index is 0.608. The quantitative estimate of drug-likeness (QED) is 0.731. The van der Waals surface area contributed by atoms with E-state index in [1.807, 2.05) is 17.9 Å². The summed E-state index contributed by atoms with van der Waals surface area (Å²) in [4.78, 5) is 2.47. The first-order chi connectivity index (χ1) is 6.75. The molecule has 1 fully saturated rings. The van der Waals surface area contributed by atoms with E-state index in [4.69, 9.17) is 0 Å². The highest BCUT2D eigenvalue weighted by Crippen LogP contribution is 2.05. The van der Waals surface area contributed by atoms with Crippen molar-refractivity contribution in [2.45, 2.75) is 19.5 Å². The molecule has 1 aliphatic rings. The molecule has 0 aliphatic carbocycles. The van der Waals surface area contributed by atoms with E-state index in [9.17, 15) is 0 Å². The lowest BCUT2D eigenvalue weighted by molar-refractivity contribution is 0.195. The lowest BCUT2D eigenvalue weighted by Crippen LogP contribution is -2.48. The molecule has 0 unspecified atom stereocenters. The molecule has 2 rings (SSSR count). The Morgan fingerprint density at radius 2 is 2.50 bits per heavy atom. The Morgan fingerprint density at radius 3 is 3.14 bits per heavy atom. The van der Waals surface area contributed by atoms with Crippen molar-refractivity contribution < 1.29 is 0 Å². The summed E-state index contributed by atoms with van der Waals surface area (Å²) in [5.74, 6) is 0. The molecule has 1 saturated heterocycles. The van der Waals surface area contributed by atoms with E-state index in [2.05, 4.69) is 28.3 Å². The first kappa shape index (κ1) is 9.68. The number of rotatable bonds is 2. The normalized spacial score (nSPS) is 24.0. The lowest BCUT2D eigenvalue weighted by atomic mass is 10.2. The average molecular weight is 194 g/mol. The summed E-state index contributed by atoms with van der Waals surface area (Å²) in [7, 11) is 2.00. The van der Waals surface area contributed by atoms with Crippen molar-refractivity contribution in [2.75, 3.05) is 19.6 Å². The number of hydrogen-bond donors (Lipinski definition) is 1. The van der Waals surface area contributed by atoms with Crippen LogP contribution in [0.25, 0.3) is 0 Å². The smallest absolute Gasteiger partial charge is 0.0521 e. The molecule has 14 heavy (non-hydrogen) atoms. The lowest BCUT2D eigenvalue weighted by Gasteiger charge is -2.31. The molecule has 0 spiro atoms. The van der Waals surface area contributed by atoms with E-state index in [0.717, 1.165) is 26.2 Å². The van der Waals surface area contributed by atoms with Crippen molar-refractivity contribution in [3.8, 4) is 0 Å². The van der Waals surface area contributed by atoms with Gasteiger partial charge < -0.3 is 5.32 Å². The van der Waals surface area contributed by atoms with E-state index < -0.39 is 0 Å². The molecule has 4 heteroatoms. The molecule has 2 heterocycles. The summed E-state index contributed by atoms with van der Waals surface area (Å²) in [6.45, 7) is 6.61. The zero-order chi connectivity index (χ0) is 9.97. The van der Waals surface area contributed by atoms with Gasteiger partial charge in [0.15, 0.2) is 0 Å². The Bertz CT molecular complexity index is 294. The van der Waals surface area contributed by atoms with Gasteiger partial charge in [-0.2, -0.15) is 5.10 Å². The fourth-order valence-electron chi connectivity index (χ4n) is 1.94. The third kappa shape index (κ3) is 2.13. The van der Waals surface area contributed by atoms with Gasteiger partial charge in [0.1, 0.15) is 0 Å². The first-order valence-electron chi connectivity index (χ1n) is 5.18. The predicted molar refractivity (Wildman–Crippen MR) is 55.9 cm³/mol. The number of nitrogens with zero attached hydrogens (tertiary/aromatic N) is 3. The molecule has 0 radical (unpaired) electrons. The average Bonchev–Trinajstić information content (AvgIpc) is 2.52. The summed E-state index contributed by atoms with van der Waals surface area (Å²) in [5, 5.41) is 7.62. The molecule has 1 atom stereocenters. The van der Waals surface area contributed by atoms with Crippen LogP contribution in [0.15, 0.2) is 12.3 Å². The largest absolute Gasteiger partial charge is 0.312 e. The molecule has 0 saturated carbocycles. The number of hydrogen-bond acceptors (Lipinski definition) is 3. The maximum absolute atomic E-state index is 4.18. The molecular weight excluding hydrogens is 176 g/mol. The molecule has 1 aromatic heterocycles. The van der Waals surface area contributed by atoms with E-state index in [-0.39, 0.29) is 0 Å². The van der Waals surface area contributed by atoms with Crippen molar-refractivity contribution in [3.63, 3.8) is 0 Å². The van der Waals surface area contributed by atoms with Crippen LogP contribution in [0.5, 0.6) is 0 Å². The molecular formula is C10H18N4. The highest BCUT2D eigenvalue weighted by Gasteiger charge is 2.16. The van der Waals surface area contributed by atoms with Gasteiger partial charge in [-0.15, -0.1) is 0 Å². The maximum atomic E-state index is 4.18. The van der Waals surface area contributed by atoms with E-state index in [1.165, 1.54) is 5.69 Å². The summed E-state index contributed by atoms with van der Waals surface area (Å²) in [5.41, 5.74) is 1.29. The van der Waals surface area contributed by atoms with Crippen molar-refractivity contribution in [1.82, 2.24) is 20.0 Å². The minimum Gasteiger partial charge on any atom is -0.312 e. The molecule has 1 N–H and O–H groups in total. The fourth-order valence-corrected chi connectivity index (χ4v) is 1.94. The Kier molecular flexibility index (Phi) is 2.84. The van der Waals surface area contributed by atoms with E-state index in [1.54, 1.807) is 0 Å². The molecule has 4 nitrogen and oxygen atoms in total. The molecule has 0 amide bonds. The monoisotopic (exact) mass is 194 g/mol. The number of piperazine rings is 1. The molecule has 0 aromatic carbocycles. The Labute approximate surface area is 84.9 Å². The van der Waals surface area contributed by atoms with Crippen molar-refractivity contribution in [3.05, 3.63) is 18.0 Å². The zero-order valence-electron chi connectivity index (χ0n) is 8.90. The van der Waals surface area contributed by atoms with Crippen LogP contribution in [0.2, 0.25) is 0 Å². The predicted octanol–water partition coefficient (Wildman–Crippen LogP) is 0.214. The molecule has 78 valence electrons. The van der Waals surface area contributed by atoms with Crippen LogP contribution in [0.4, 0.5) is 0 Å². The van der Waals surface area contributed by atoms with Crippen LogP contribution >= 0.6 is 0 Å². The van der Waals surface area contributed by atoms with Gasteiger partial charge in [0.25, 0.3) is 0 Å². The minimum atomic E-state index is 0.608. The summed E-state index contributed by atoms with van der Waals surface area (Å²) in [6, 6.07) is 2.70. The number of aromatic nitrogens is 2. The first-order valence-corrected chi connectivity index (χ1v) is 5.18. The zero-order valence-corrected chi connectivity index (χ0v) is 8.90. The van der Waals surface area contributed by atoms with Gasteiger partial charge in [-0.05, 0) is 13.0 Å². The second-order valence-electron chi connectivity index (χ2n) is 4.04. The van der Waals surface area contributed by atoms with Gasteiger partial charge in [-0.3, -0.25) is 9.58 Å². The van der Waals surface area contributed by atoms with Gasteiger partial charge in [-0.25, -0.2) is 0 Å². The van der Waals surface area contributed by atoms with Crippen LogP contribution in [0.1, 0.15) is 12.6 Å². The summed E-state index contributed by atoms with van der Waals surface area (Å²) < 4.78 is 1.95. The highest BCUT2D eigenvalue weighted by atomic mass is 15.3. The molecule has 0 bridgehead atoms. The SMILES string of the molecule is C[C@H]1CN(Cc2ccnn2C)CCN1. The van der Waals surface area contributed by atoms with Gasteiger partial charge in [0, 0.05) is 45.5 Å². The van der Waals surface area contributed by atoms with Crippen molar-refractivity contribution >= 4 is 0 Å². The Balaban J connectivity index is 1.94. The van der Waals surface area contributed by atoms with Gasteiger partial charge in [0.05, 0.1) is 5.69 Å². The third-order valence-corrected chi connectivity index (χ3v) is 2.76. The number of nitrogens with one attached hydrogen (secondary N) is 1. The van der Waals surface area contributed by atoms with Crippen LogP contribution in [0.3, 0.4) is 0 Å². The molecule has 1 aliphatic heterocycles. The maximum Gasteiger partial charge on any atom is 0.0521 e. The third-order valence-electron chi connectivity index (χ3n) is 2.76. The van der Waals surface area contributed by atoms with Gasteiger partial charge in [0.2, 0.25) is 0 Å². The van der Waals surface area contributed by atoms with Crippen LogP contribution in [-0.2, 0) is 13.6 Å². The van der Waals surface area contributed by atoms with E-state index >= 15 is 0 Å². The van der Waals surface area contributed by atoms with Crippen LogP contribution in [-0.4, -0.2) is 40.4 Å². The van der Waals surface area contributed by atoms with Gasteiger partial charge in [-0.1, -0.05) is 0 Å². The van der Waals surface area contributed by atoms with Crippen LogP contribution < -0.4 is 5.32 Å². The second-order valence-corrected chi connectivity index (χ2v) is 4.04. The summed E-state index contributed by atoms with van der Waals surface area (Å²) in [6.07, 6.45) is 1.86. The van der Waals surface area contributed by atoms with E-state index in [0.29, 0.717) is 6.04 Å². The van der Waals surface area contributed by atoms with Crippen molar-refractivity contribution in [1.29, 1.82) is 0 Å². The Hall–Kier alpha value is -0.870. The molecule has 1 aromatic rings.